The van der Waals surface area contributed by atoms with Crippen LogP contribution < -0.4 is 14.8 Å². The first-order valence-electron chi connectivity index (χ1n) is 8.39. The van der Waals surface area contributed by atoms with Gasteiger partial charge in [0.15, 0.2) is 11.5 Å². The molecule has 4 rings (SSSR count). The second-order valence-electron chi connectivity index (χ2n) is 5.94. The van der Waals surface area contributed by atoms with E-state index in [0.29, 0.717) is 37.6 Å². The number of ether oxygens (including phenoxy) is 2. The lowest BCUT2D eigenvalue weighted by molar-refractivity contribution is -0.116. The predicted octanol–water partition coefficient (Wildman–Crippen LogP) is 3.23. The Labute approximate surface area is 145 Å². The zero-order valence-corrected chi connectivity index (χ0v) is 13.8. The summed E-state index contributed by atoms with van der Waals surface area (Å²) in [4.78, 5) is 16.6. The lowest BCUT2D eigenvalue weighted by Gasteiger charge is -2.10. The number of aromatic nitrogens is 2. The maximum absolute atomic E-state index is 12.3. The van der Waals surface area contributed by atoms with E-state index in [-0.39, 0.29) is 5.91 Å². The molecule has 1 aliphatic heterocycles. The van der Waals surface area contributed by atoms with Crippen LogP contribution in [0.1, 0.15) is 12.8 Å². The van der Waals surface area contributed by atoms with Crippen molar-refractivity contribution in [2.45, 2.75) is 19.4 Å². The molecule has 128 valence electrons. The highest BCUT2D eigenvalue weighted by atomic mass is 16.5. The molecular formula is C19H19N3O3. The number of para-hydroxylation sites is 2. The number of benzene rings is 2. The van der Waals surface area contributed by atoms with Crippen LogP contribution in [0.5, 0.6) is 11.5 Å². The zero-order valence-electron chi connectivity index (χ0n) is 13.8. The number of amides is 1. The summed E-state index contributed by atoms with van der Waals surface area (Å²) in [5, 5.41) is 2.91. The summed E-state index contributed by atoms with van der Waals surface area (Å²) >= 11 is 0. The maximum atomic E-state index is 12.3. The molecule has 2 aromatic carbocycles. The Morgan fingerprint density at radius 3 is 2.88 bits per heavy atom. The second kappa shape index (κ2) is 6.84. The molecule has 0 bridgehead atoms. The average molecular weight is 337 g/mol. The largest absolute Gasteiger partial charge is 0.490 e. The Bertz CT molecular complexity index is 904. The number of carbonyl (C=O) groups is 1. The van der Waals surface area contributed by atoms with Crippen LogP contribution in [-0.2, 0) is 11.3 Å². The lowest BCUT2D eigenvalue weighted by Crippen LogP contribution is -2.14. The molecule has 1 aliphatic rings. The van der Waals surface area contributed by atoms with Crippen LogP contribution in [-0.4, -0.2) is 28.7 Å². The fraction of sp³-hybridized carbons (Fsp3) is 0.263. The topological polar surface area (TPSA) is 65.4 Å². The normalized spacial score (nSPS) is 13.4. The van der Waals surface area contributed by atoms with Crippen molar-refractivity contribution < 1.29 is 14.3 Å². The van der Waals surface area contributed by atoms with Gasteiger partial charge in [-0.15, -0.1) is 0 Å². The second-order valence-corrected chi connectivity index (χ2v) is 5.94. The van der Waals surface area contributed by atoms with Crippen molar-refractivity contribution in [3.63, 3.8) is 0 Å². The molecule has 0 fully saturated rings. The first-order chi connectivity index (χ1) is 12.3. The summed E-state index contributed by atoms with van der Waals surface area (Å²) in [6.07, 6.45) is 3.00. The average Bonchev–Trinajstić information content (AvgIpc) is 2.89. The summed E-state index contributed by atoms with van der Waals surface area (Å²) < 4.78 is 13.2. The molecule has 0 unspecified atom stereocenters. The fourth-order valence-electron chi connectivity index (χ4n) is 2.88. The van der Waals surface area contributed by atoms with Crippen LogP contribution in [0.15, 0.2) is 48.8 Å². The number of carbonyl (C=O) groups excluding carboxylic acids is 1. The van der Waals surface area contributed by atoms with Gasteiger partial charge in [0.05, 0.1) is 30.6 Å². The highest BCUT2D eigenvalue weighted by Crippen LogP contribution is 2.32. The summed E-state index contributed by atoms with van der Waals surface area (Å²) in [6, 6.07) is 13.4. The molecular weight excluding hydrogens is 318 g/mol. The van der Waals surface area contributed by atoms with Crippen LogP contribution in [0.3, 0.4) is 0 Å². The predicted molar refractivity (Wildman–Crippen MR) is 95.0 cm³/mol. The molecule has 1 amide bonds. The SMILES string of the molecule is O=C(CCn1cnc2ccccc21)Nc1ccc2c(c1)OCCCO2. The van der Waals surface area contributed by atoms with Gasteiger partial charge in [0.25, 0.3) is 0 Å². The van der Waals surface area contributed by atoms with Crippen molar-refractivity contribution in [2.75, 3.05) is 18.5 Å². The van der Waals surface area contributed by atoms with Crippen molar-refractivity contribution in [3.05, 3.63) is 48.8 Å². The van der Waals surface area contributed by atoms with Gasteiger partial charge in [-0.05, 0) is 24.3 Å². The number of anilines is 1. The summed E-state index contributed by atoms with van der Waals surface area (Å²) in [5.74, 6) is 1.35. The molecule has 25 heavy (non-hydrogen) atoms. The Morgan fingerprint density at radius 1 is 1.12 bits per heavy atom. The van der Waals surface area contributed by atoms with Gasteiger partial charge in [-0.25, -0.2) is 4.98 Å². The number of fused-ring (bicyclic) bond motifs is 2. The Morgan fingerprint density at radius 2 is 1.96 bits per heavy atom. The van der Waals surface area contributed by atoms with E-state index in [1.807, 2.05) is 47.0 Å². The molecule has 2 heterocycles. The number of hydrogen-bond acceptors (Lipinski definition) is 4. The zero-order chi connectivity index (χ0) is 17.1. The van der Waals surface area contributed by atoms with Crippen molar-refractivity contribution in [1.29, 1.82) is 0 Å². The van der Waals surface area contributed by atoms with Crippen LogP contribution in [0.25, 0.3) is 11.0 Å². The van der Waals surface area contributed by atoms with E-state index in [4.69, 9.17) is 9.47 Å². The van der Waals surface area contributed by atoms with Gasteiger partial charge in [-0.3, -0.25) is 4.79 Å². The van der Waals surface area contributed by atoms with E-state index in [0.717, 1.165) is 23.2 Å². The third-order valence-corrected chi connectivity index (χ3v) is 4.14. The molecule has 1 aromatic heterocycles. The third-order valence-electron chi connectivity index (χ3n) is 4.14. The molecule has 1 N–H and O–H groups in total. The van der Waals surface area contributed by atoms with Gasteiger partial charge < -0.3 is 19.4 Å². The Hall–Kier alpha value is -3.02. The molecule has 6 heteroatoms. The number of nitrogens with one attached hydrogen (secondary N) is 1. The maximum Gasteiger partial charge on any atom is 0.226 e. The number of aryl methyl sites for hydroxylation is 1. The van der Waals surface area contributed by atoms with Crippen LogP contribution in [0.2, 0.25) is 0 Å². The molecule has 0 aliphatic carbocycles. The standard InChI is InChI=1S/C19H19N3O3/c23-19(8-9-22-13-20-15-4-1-2-5-16(15)22)21-14-6-7-17-18(12-14)25-11-3-10-24-17/h1-2,4-7,12-13H,3,8-11H2,(H,21,23). The summed E-state index contributed by atoms with van der Waals surface area (Å²) in [5.41, 5.74) is 2.68. The fourth-order valence-corrected chi connectivity index (χ4v) is 2.88. The van der Waals surface area contributed by atoms with Crippen molar-refractivity contribution in [3.8, 4) is 11.5 Å². The number of imidazole rings is 1. The van der Waals surface area contributed by atoms with E-state index in [1.165, 1.54) is 0 Å². The van der Waals surface area contributed by atoms with Crippen LogP contribution in [0.4, 0.5) is 5.69 Å². The Kier molecular flexibility index (Phi) is 4.24. The quantitative estimate of drug-likeness (QED) is 0.794. The molecule has 0 saturated carbocycles. The highest BCUT2D eigenvalue weighted by molar-refractivity contribution is 5.91. The van der Waals surface area contributed by atoms with E-state index in [1.54, 1.807) is 6.33 Å². The smallest absolute Gasteiger partial charge is 0.226 e. The van der Waals surface area contributed by atoms with Crippen LogP contribution >= 0.6 is 0 Å². The van der Waals surface area contributed by atoms with E-state index in [2.05, 4.69) is 10.3 Å². The van der Waals surface area contributed by atoms with Gasteiger partial charge >= 0.3 is 0 Å². The summed E-state index contributed by atoms with van der Waals surface area (Å²) in [6.45, 7) is 1.85. The molecule has 0 radical (unpaired) electrons. The lowest BCUT2D eigenvalue weighted by atomic mass is 10.2. The van der Waals surface area contributed by atoms with E-state index >= 15 is 0 Å². The first-order valence-corrected chi connectivity index (χ1v) is 8.39. The molecule has 0 atom stereocenters. The van der Waals surface area contributed by atoms with Gasteiger partial charge in [-0.1, -0.05) is 12.1 Å². The molecule has 6 nitrogen and oxygen atoms in total. The van der Waals surface area contributed by atoms with Crippen molar-refractivity contribution >= 4 is 22.6 Å². The molecule has 0 spiro atoms. The monoisotopic (exact) mass is 337 g/mol. The van der Waals surface area contributed by atoms with Crippen molar-refractivity contribution in [2.24, 2.45) is 0 Å². The van der Waals surface area contributed by atoms with Crippen molar-refractivity contribution in [1.82, 2.24) is 9.55 Å². The number of hydrogen-bond donors (Lipinski definition) is 1. The minimum absolute atomic E-state index is 0.0488. The van der Waals surface area contributed by atoms with Crippen LogP contribution in [0, 0.1) is 0 Å². The van der Waals surface area contributed by atoms with Gasteiger partial charge in [0.1, 0.15) is 0 Å². The summed E-state index contributed by atoms with van der Waals surface area (Å²) in [7, 11) is 0. The van der Waals surface area contributed by atoms with Gasteiger partial charge in [0.2, 0.25) is 5.91 Å². The minimum Gasteiger partial charge on any atom is -0.490 e. The van der Waals surface area contributed by atoms with Gasteiger partial charge in [0, 0.05) is 31.1 Å². The molecule has 0 saturated heterocycles. The van der Waals surface area contributed by atoms with E-state index in [9.17, 15) is 4.79 Å². The van der Waals surface area contributed by atoms with Gasteiger partial charge in [-0.2, -0.15) is 0 Å². The number of nitrogens with zero attached hydrogens (tertiary/aromatic N) is 2. The highest BCUT2D eigenvalue weighted by Gasteiger charge is 2.12. The minimum atomic E-state index is -0.0488. The van der Waals surface area contributed by atoms with E-state index < -0.39 is 0 Å². The first kappa shape index (κ1) is 15.5. The number of rotatable bonds is 4. The third kappa shape index (κ3) is 3.42. The Balaban J connectivity index is 1.40. The molecule has 3 aromatic rings.